The standard InChI is InChI=1S/C17H22N4O3/c1-17(2,3)24-16(23)21-8-5-11(6-9-21)14(22)13-12-4-7-18-15(12)20-10-19-13/h4,7,10-11H,5-6,8-9H2,1-3H3,(H,18,19,20). The number of fused-ring (bicyclic) bond motifs is 1. The minimum atomic E-state index is -0.509. The van der Waals surface area contributed by atoms with E-state index in [9.17, 15) is 9.59 Å². The fourth-order valence-electron chi connectivity index (χ4n) is 2.91. The molecule has 0 bridgehead atoms. The first-order valence-electron chi connectivity index (χ1n) is 8.15. The molecule has 24 heavy (non-hydrogen) atoms. The number of likely N-dealkylation sites (tertiary alicyclic amines) is 1. The second-order valence-electron chi connectivity index (χ2n) is 7.07. The van der Waals surface area contributed by atoms with E-state index in [4.69, 9.17) is 4.74 Å². The topological polar surface area (TPSA) is 88.2 Å². The van der Waals surface area contributed by atoms with Gasteiger partial charge in [0.15, 0.2) is 5.78 Å². The zero-order valence-electron chi connectivity index (χ0n) is 14.2. The number of aromatic amines is 1. The highest BCUT2D eigenvalue weighted by molar-refractivity contribution is 6.06. The molecular formula is C17H22N4O3. The third kappa shape index (κ3) is 3.39. The summed E-state index contributed by atoms with van der Waals surface area (Å²) in [5.41, 5.74) is 0.612. The van der Waals surface area contributed by atoms with Crippen molar-refractivity contribution in [3.8, 4) is 0 Å². The maximum absolute atomic E-state index is 12.8. The van der Waals surface area contributed by atoms with Crippen LogP contribution in [0.15, 0.2) is 18.6 Å². The molecule has 3 rings (SSSR count). The number of rotatable bonds is 2. The maximum atomic E-state index is 12.8. The third-order valence-corrected chi connectivity index (χ3v) is 4.10. The predicted molar refractivity (Wildman–Crippen MR) is 88.8 cm³/mol. The zero-order chi connectivity index (χ0) is 17.3. The van der Waals surface area contributed by atoms with Crippen LogP contribution in [0.3, 0.4) is 0 Å². The molecule has 1 saturated heterocycles. The minimum Gasteiger partial charge on any atom is -0.444 e. The number of nitrogens with one attached hydrogen (secondary N) is 1. The van der Waals surface area contributed by atoms with Crippen LogP contribution in [0.2, 0.25) is 0 Å². The number of aromatic nitrogens is 3. The number of ether oxygens (including phenoxy) is 1. The molecule has 0 unspecified atom stereocenters. The van der Waals surface area contributed by atoms with E-state index in [0.717, 1.165) is 5.39 Å². The smallest absolute Gasteiger partial charge is 0.410 e. The van der Waals surface area contributed by atoms with Crippen LogP contribution in [0.5, 0.6) is 0 Å². The summed E-state index contributed by atoms with van der Waals surface area (Å²) < 4.78 is 5.38. The van der Waals surface area contributed by atoms with Crippen molar-refractivity contribution in [2.75, 3.05) is 13.1 Å². The van der Waals surface area contributed by atoms with Crippen LogP contribution in [0.25, 0.3) is 11.0 Å². The van der Waals surface area contributed by atoms with E-state index in [1.807, 2.05) is 26.8 Å². The van der Waals surface area contributed by atoms with E-state index in [1.165, 1.54) is 6.33 Å². The van der Waals surface area contributed by atoms with E-state index < -0.39 is 5.60 Å². The van der Waals surface area contributed by atoms with Gasteiger partial charge in [-0.1, -0.05) is 0 Å². The van der Waals surface area contributed by atoms with Gasteiger partial charge in [0.05, 0.1) is 0 Å². The van der Waals surface area contributed by atoms with E-state index in [0.29, 0.717) is 37.3 Å². The Bertz CT molecular complexity index is 755. The lowest BCUT2D eigenvalue weighted by molar-refractivity contribution is 0.0182. The van der Waals surface area contributed by atoms with Crippen LogP contribution in [0.4, 0.5) is 4.79 Å². The molecule has 1 aliphatic heterocycles. The van der Waals surface area contributed by atoms with Gasteiger partial charge in [-0.15, -0.1) is 0 Å². The predicted octanol–water partition coefficient (Wildman–Crippen LogP) is 2.79. The molecule has 1 amide bonds. The highest BCUT2D eigenvalue weighted by Crippen LogP contribution is 2.25. The molecule has 1 fully saturated rings. The molecule has 3 heterocycles. The average Bonchev–Trinajstić information content (AvgIpc) is 3.01. The molecule has 0 aliphatic carbocycles. The average molecular weight is 330 g/mol. The molecule has 128 valence electrons. The second kappa shape index (κ2) is 6.22. The lowest BCUT2D eigenvalue weighted by atomic mass is 9.90. The van der Waals surface area contributed by atoms with Gasteiger partial charge in [0.1, 0.15) is 23.3 Å². The van der Waals surface area contributed by atoms with Gasteiger partial charge in [0, 0.05) is 30.6 Å². The Kier molecular flexibility index (Phi) is 4.26. The Morgan fingerprint density at radius 1 is 1.25 bits per heavy atom. The minimum absolute atomic E-state index is 0.0193. The number of piperidine rings is 1. The highest BCUT2D eigenvalue weighted by Gasteiger charge is 2.31. The Morgan fingerprint density at radius 3 is 2.62 bits per heavy atom. The summed E-state index contributed by atoms with van der Waals surface area (Å²) in [5, 5.41) is 0.747. The van der Waals surface area contributed by atoms with Crippen LogP contribution in [0, 0.1) is 5.92 Å². The number of carbonyl (C=O) groups is 2. The quantitative estimate of drug-likeness (QED) is 0.855. The molecule has 0 radical (unpaired) electrons. The molecule has 1 aliphatic rings. The van der Waals surface area contributed by atoms with Gasteiger partial charge < -0.3 is 14.6 Å². The molecule has 2 aromatic heterocycles. The van der Waals surface area contributed by atoms with E-state index in [2.05, 4.69) is 15.0 Å². The van der Waals surface area contributed by atoms with Gasteiger partial charge in [-0.3, -0.25) is 4.79 Å². The number of carbonyl (C=O) groups excluding carboxylic acids is 2. The Morgan fingerprint density at radius 2 is 1.96 bits per heavy atom. The highest BCUT2D eigenvalue weighted by atomic mass is 16.6. The number of H-pyrrole nitrogens is 1. The summed E-state index contributed by atoms with van der Waals surface area (Å²) in [5.74, 6) is -0.109. The van der Waals surface area contributed by atoms with Crippen molar-refractivity contribution in [1.82, 2.24) is 19.9 Å². The second-order valence-corrected chi connectivity index (χ2v) is 7.07. The lowest BCUT2D eigenvalue weighted by Crippen LogP contribution is -2.43. The van der Waals surface area contributed by atoms with Crippen LogP contribution < -0.4 is 0 Å². The molecule has 0 aromatic carbocycles. The van der Waals surface area contributed by atoms with Crippen LogP contribution in [-0.4, -0.2) is 50.4 Å². The van der Waals surface area contributed by atoms with E-state index in [-0.39, 0.29) is 17.8 Å². The van der Waals surface area contributed by atoms with Crippen molar-refractivity contribution in [1.29, 1.82) is 0 Å². The summed E-state index contributed by atoms with van der Waals surface area (Å²) in [6.45, 7) is 6.58. The lowest BCUT2D eigenvalue weighted by Gasteiger charge is -2.32. The van der Waals surface area contributed by atoms with Crippen LogP contribution >= 0.6 is 0 Å². The first-order valence-corrected chi connectivity index (χ1v) is 8.15. The molecule has 0 atom stereocenters. The molecule has 0 saturated carbocycles. The normalized spacial score (nSPS) is 16.4. The molecule has 7 heteroatoms. The fourth-order valence-corrected chi connectivity index (χ4v) is 2.91. The molecule has 1 N–H and O–H groups in total. The number of Topliss-reactive ketones (excluding diaryl/α,β-unsaturated/α-hetero) is 1. The Hall–Kier alpha value is -2.44. The van der Waals surface area contributed by atoms with Gasteiger partial charge in [-0.05, 0) is 39.7 Å². The van der Waals surface area contributed by atoms with Crippen molar-refractivity contribution in [2.24, 2.45) is 5.92 Å². The summed E-state index contributed by atoms with van der Waals surface area (Å²) in [4.78, 5) is 37.8. The molecule has 0 spiro atoms. The van der Waals surface area contributed by atoms with Gasteiger partial charge in [0.25, 0.3) is 0 Å². The first-order chi connectivity index (χ1) is 11.3. The number of amides is 1. The van der Waals surface area contributed by atoms with Crippen LogP contribution in [0.1, 0.15) is 44.1 Å². The Balaban J connectivity index is 1.65. The summed E-state index contributed by atoms with van der Waals surface area (Å²) in [6.07, 6.45) is 4.08. The van der Waals surface area contributed by atoms with Crippen LogP contribution in [-0.2, 0) is 4.74 Å². The van der Waals surface area contributed by atoms with Crippen molar-refractivity contribution < 1.29 is 14.3 Å². The SMILES string of the molecule is CC(C)(C)OC(=O)N1CCC(C(=O)c2ncnc3[nH]ccc23)CC1. The van der Waals surface area contributed by atoms with E-state index >= 15 is 0 Å². The number of hydrogen-bond donors (Lipinski definition) is 1. The molecule has 7 nitrogen and oxygen atoms in total. The number of nitrogens with zero attached hydrogens (tertiary/aromatic N) is 3. The molecule has 2 aromatic rings. The Labute approximate surface area is 140 Å². The molecular weight excluding hydrogens is 308 g/mol. The zero-order valence-corrected chi connectivity index (χ0v) is 14.2. The van der Waals surface area contributed by atoms with Gasteiger partial charge >= 0.3 is 6.09 Å². The van der Waals surface area contributed by atoms with Crippen molar-refractivity contribution >= 4 is 22.9 Å². The largest absolute Gasteiger partial charge is 0.444 e. The van der Waals surface area contributed by atoms with Gasteiger partial charge in [-0.2, -0.15) is 0 Å². The van der Waals surface area contributed by atoms with Crippen molar-refractivity contribution in [3.63, 3.8) is 0 Å². The van der Waals surface area contributed by atoms with E-state index in [1.54, 1.807) is 11.1 Å². The number of hydrogen-bond acceptors (Lipinski definition) is 5. The van der Waals surface area contributed by atoms with Crippen molar-refractivity contribution in [2.45, 2.75) is 39.2 Å². The number of ketones is 1. The third-order valence-electron chi connectivity index (χ3n) is 4.10. The fraction of sp³-hybridized carbons (Fsp3) is 0.529. The summed E-state index contributed by atoms with van der Waals surface area (Å²) in [6, 6.07) is 1.82. The van der Waals surface area contributed by atoms with Crippen molar-refractivity contribution in [3.05, 3.63) is 24.3 Å². The van der Waals surface area contributed by atoms with Gasteiger partial charge in [0.2, 0.25) is 0 Å². The summed E-state index contributed by atoms with van der Waals surface area (Å²) >= 11 is 0. The van der Waals surface area contributed by atoms with Gasteiger partial charge in [-0.25, -0.2) is 14.8 Å². The monoisotopic (exact) mass is 330 g/mol. The first kappa shape index (κ1) is 16.4. The summed E-state index contributed by atoms with van der Waals surface area (Å²) in [7, 11) is 0. The maximum Gasteiger partial charge on any atom is 0.410 e.